The van der Waals surface area contributed by atoms with Gasteiger partial charge in [-0.15, -0.1) is 4.33 Å². The number of aryl methyl sites for hydroxylation is 4. The van der Waals surface area contributed by atoms with E-state index in [1.54, 1.807) is 0 Å². The molecule has 2 rings (SSSR count). The van der Waals surface area contributed by atoms with Crippen LogP contribution in [0.25, 0.3) is 0 Å². The second-order valence-corrected chi connectivity index (χ2v) is 5.50. The zero-order valence-electron chi connectivity index (χ0n) is 11.7. The summed E-state index contributed by atoms with van der Waals surface area (Å²) >= 11 is 1.23. The lowest BCUT2D eigenvalue weighted by atomic mass is 10.1. The van der Waals surface area contributed by atoms with E-state index in [4.69, 9.17) is 9.22 Å². The molecule has 0 N–H and O–H groups in total. The molecule has 0 saturated heterocycles. The lowest BCUT2D eigenvalue weighted by Gasteiger charge is -2.07. The second kappa shape index (κ2) is 6.13. The Balaban J connectivity index is 1.92. The summed E-state index contributed by atoms with van der Waals surface area (Å²) in [6.07, 6.45) is 0. The van der Waals surface area contributed by atoms with Gasteiger partial charge in [0.15, 0.2) is 5.75 Å². The molecule has 100 valence electrons. The van der Waals surface area contributed by atoms with Crippen LogP contribution in [0.2, 0.25) is 0 Å². The Morgan fingerprint density at radius 3 is 2.00 bits per heavy atom. The number of hydrogen-bond acceptors (Lipinski definition) is 3. The third-order valence-corrected chi connectivity index (χ3v) is 3.80. The van der Waals surface area contributed by atoms with Crippen LogP contribution < -0.4 is 4.89 Å². The van der Waals surface area contributed by atoms with Crippen LogP contribution in [0.15, 0.2) is 41.3 Å². The van der Waals surface area contributed by atoms with Crippen LogP contribution in [0.3, 0.4) is 0 Å². The maximum atomic E-state index is 5.28. The van der Waals surface area contributed by atoms with Gasteiger partial charge < -0.3 is 4.89 Å². The minimum absolute atomic E-state index is 0.722. The van der Waals surface area contributed by atoms with E-state index in [9.17, 15) is 0 Å². The van der Waals surface area contributed by atoms with E-state index < -0.39 is 0 Å². The molecule has 0 saturated carbocycles. The highest BCUT2D eigenvalue weighted by molar-refractivity contribution is 7.94. The molecule has 0 aliphatic heterocycles. The third-order valence-electron chi connectivity index (χ3n) is 3.22. The molecule has 0 aliphatic carbocycles. The largest absolute Gasteiger partial charge is 0.325 e. The third kappa shape index (κ3) is 3.75. The molecule has 0 aromatic heterocycles. The molecule has 19 heavy (non-hydrogen) atoms. The Bertz CT molecular complexity index is 527. The summed E-state index contributed by atoms with van der Waals surface area (Å²) in [7, 11) is 0. The average Bonchev–Trinajstić information content (AvgIpc) is 2.38. The Morgan fingerprint density at radius 1 is 0.737 bits per heavy atom. The van der Waals surface area contributed by atoms with Gasteiger partial charge in [-0.05, 0) is 74.2 Å². The molecule has 0 fully saturated rings. The van der Waals surface area contributed by atoms with Crippen molar-refractivity contribution in [2.24, 2.45) is 0 Å². The molecular formula is C16H18O2S. The first-order chi connectivity index (χ1) is 9.06. The lowest BCUT2D eigenvalue weighted by molar-refractivity contribution is -0.0777. The number of benzene rings is 2. The highest BCUT2D eigenvalue weighted by Crippen LogP contribution is 2.24. The molecule has 0 unspecified atom stereocenters. The Kier molecular flexibility index (Phi) is 4.51. The average molecular weight is 274 g/mol. The second-order valence-electron chi connectivity index (χ2n) is 4.73. The molecular weight excluding hydrogens is 256 g/mol. The van der Waals surface area contributed by atoms with Crippen molar-refractivity contribution >= 4 is 12.0 Å². The fourth-order valence-electron chi connectivity index (χ4n) is 1.63. The summed E-state index contributed by atoms with van der Waals surface area (Å²) in [5.41, 5.74) is 4.96. The van der Waals surface area contributed by atoms with Crippen LogP contribution in [0.4, 0.5) is 0 Å². The molecule has 0 radical (unpaired) electrons. The van der Waals surface area contributed by atoms with Gasteiger partial charge in [0.05, 0.1) is 12.0 Å². The number of rotatable bonds is 4. The van der Waals surface area contributed by atoms with E-state index in [1.807, 2.05) is 24.3 Å². The summed E-state index contributed by atoms with van der Waals surface area (Å²) in [5.74, 6) is 0.722. The summed E-state index contributed by atoms with van der Waals surface area (Å²) in [6, 6.07) is 12.1. The Hall–Kier alpha value is -1.45. The highest BCUT2D eigenvalue weighted by atomic mass is 32.2. The molecule has 2 aromatic carbocycles. The van der Waals surface area contributed by atoms with Gasteiger partial charge in [0.2, 0.25) is 0 Å². The van der Waals surface area contributed by atoms with Crippen LogP contribution in [0.1, 0.15) is 22.3 Å². The zero-order chi connectivity index (χ0) is 13.8. The molecule has 2 aromatic rings. The summed E-state index contributed by atoms with van der Waals surface area (Å²) in [6.45, 7) is 8.31. The molecule has 0 atom stereocenters. The number of hydrogen-bond donors (Lipinski definition) is 0. The molecule has 0 bridgehead atoms. The van der Waals surface area contributed by atoms with E-state index in [2.05, 4.69) is 39.8 Å². The van der Waals surface area contributed by atoms with Gasteiger partial charge in [-0.1, -0.05) is 12.1 Å². The van der Waals surface area contributed by atoms with Crippen molar-refractivity contribution in [3.05, 3.63) is 58.7 Å². The minimum atomic E-state index is 0.722. The smallest absolute Gasteiger partial charge is 0.167 e. The first kappa shape index (κ1) is 14.0. The van der Waals surface area contributed by atoms with Crippen LogP contribution in [-0.2, 0) is 4.33 Å². The van der Waals surface area contributed by atoms with E-state index in [1.165, 1.54) is 34.3 Å². The molecule has 3 heteroatoms. The van der Waals surface area contributed by atoms with E-state index in [0.29, 0.717) is 0 Å². The molecule has 2 nitrogen and oxygen atoms in total. The van der Waals surface area contributed by atoms with Crippen molar-refractivity contribution in [3.8, 4) is 5.75 Å². The fraction of sp³-hybridized carbons (Fsp3) is 0.250. The van der Waals surface area contributed by atoms with Crippen LogP contribution in [0, 0.1) is 27.7 Å². The van der Waals surface area contributed by atoms with Crippen molar-refractivity contribution in [1.82, 2.24) is 0 Å². The van der Waals surface area contributed by atoms with Crippen LogP contribution in [-0.4, -0.2) is 0 Å². The van der Waals surface area contributed by atoms with Gasteiger partial charge >= 0.3 is 0 Å². The Labute approximate surface area is 118 Å². The normalized spacial score (nSPS) is 10.5. The zero-order valence-corrected chi connectivity index (χ0v) is 12.5. The van der Waals surface area contributed by atoms with Gasteiger partial charge in [0.25, 0.3) is 0 Å². The van der Waals surface area contributed by atoms with Crippen molar-refractivity contribution in [2.45, 2.75) is 32.6 Å². The quantitative estimate of drug-likeness (QED) is 0.447. The van der Waals surface area contributed by atoms with Crippen LogP contribution >= 0.6 is 12.0 Å². The molecule has 0 aliphatic rings. The van der Waals surface area contributed by atoms with Crippen molar-refractivity contribution in [3.63, 3.8) is 0 Å². The summed E-state index contributed by atoms with van der Waals surface area (Å²) in [4.78, 5) is 6.31. The van der Waals surface area contributed by atoms with Gasteiger partial charge in [0, 0.05) is 4.90 Å². The first-order valence-corrected chi connectivity index (χ1v) is 6.96. The van der Waals surface area contributed by atoms with Gasteiger partial charge in [0.1, 0.15) is 0 Å². The first-order valence-electron chi connectivity index (χ1n) is 6.22. The van der Waals surface area contributed by atoms with Crippen molar-refractivity contribution in [2.75, 3.05) is 0 Å². The van der Waals surface area contributed by atoms with E-state index in [-0.39, 0.29) is 0 Å². The molecule has 0 amide bonds. The summed E-state index contributed by atoms with van der Waals surface area (Å²) in [5, 5.41) is 0. The standard InChI is InChI=1S/C16H18O2S/c1-11-5-7-15(9-13(11)3)17-18-19-16-8-6-12(2)14(4)10-16/h5-10H,1-4H3. The fourth-order valence-corrected chi connectivity index (χ4v) is 2.17. The predicted molar refractivity (Wildman–Crippen MR) is 79.4 cm³/mol. The van der Waals surface area contributed by atoms with Crippen LogP contribution in [0.5, 0.6) is 5.75 Å². The molecule has 0 spiro atoms. The van der Waals surface area contributed by atoms with Gasteiger partial charge in [-0.25, -0.2) is 0 Å². The molecule has 0 heterocycles. The maximum Gasteiger partial charge on any atom is 0.167 e. The maximum absolute atomic E-state index is 5.28. The van der Waals surface area contributed by atoms with Gasteiger partial charge in [-0.2, -0.15) is 0 Å². The van der Waals surface area contributed by atoms with Crippen molar-refractivity contribution < 1.29 is 9.22 Å². The summed E-state index contributed by atoms with van der Waals surface area (Å²) < 4.78 is 5.21. The topological polar surface area (TPSA) is 18.5 Å². The van der Waals surface area contributed by atoms with Gasteiger partial charge in [-0.3, -0.25) is 0 Å². The van der Waals surface area contributed by atoms with Crippen molar-refractivity contribution in [1.29, 1.82) is 0 Å². The Morgan fingerprint density at radius 2 is 1.37 bits per heavy atom. The highest BCUT2D eigenvalue weighted by Gasteiger charge is 2.01. The van der Waals surface area contributed by atoms with E-state index in [0.717, 1.165) is 10.6 Å². The monoisotopic (exact) mass is 274 g/mol. The lowest BCUT2D eigenvalue weighted by Crippen LogP contribution is -1.91. The van der Waals surface area contributed by atoms with E-state index >= 15 is 0 Å². The SMILES string of the molecule is Cc1ccc(OOSc2ccc(C)c(C)c2)cc1C. The predicted octanol–water partition coefficient (Wildman–Crippen LogP) is 4.94. The minimum Gasteiger partial charge on any atom is -0.325 e.